The molecule has 11 nitrogen and oxygen atoms in total. The number of methoxy groups -OCH3 is 1. The molecule has 4 heterocycles. The van der Waals surface area contributed by atoms with Crippen molar-refractivity contribution in [1.29, 1.82) is 0 Å². The molecule has 0 aliphatic carbocycles. The smallest absolute Gasteiger partial charge is 0.423 e. The molecule has 1 aromatic carbocycles. The van der Waals surface area contributed by atoms with Crippen LogP contribution < -0.4 is 20.5 Å². The van der Waals surface area contributed by atoms with Crippen LogP contribution in [-0.4, -0.2) is 55.8 Å². The average Bonchev–Trinajstić information content (AvgIpc) is 3.40. The van der Waals surface area contributed by atoms with E-state index in [-0.39, 0.29) is 25.7 Å². The number of ether oxygens (including phenoxy) is 2. The Kier molecular flexibility index (Phi) is 8.99. The van der Waals surface area contributed by atoms with Gasteiger partial charge in [-0.3, -0.25) is 9.48 Å². The molecule has 0 saturated heterocycles. The molecular formula is C28H28F6N8O3. The fourth-order valence-corrected chi connectivity index (χ4v) is 4.73. The van der Waals surface area contributed by atoms with E-state index in [4.69, 9.17) is 9.47 Å². The van der Waals surface area contributed by atoms with E-state index in [9.17, 15) is 31.1 Å². The van der Waals surface area contributed by atoms with Crippen molar-refractivity contribution in [3.8, 4) is 5.75 Å². The van der Waals surface area contributed by atoms with Gasteiger partial charge in [-0.05, 0) is 30.7 Å². The van der Waals surface area contributed by atoms with Gasteiger partial charge in [0.05, 0.1) is 68.8 Å². The molecule has 1 aliphatic heterocycles. The molecule has 17 heteroatoms. The summed E-state index contributed by atoms with van der Waals surface area (Å²) in [5, 5.41) is 11.1. The Bertz CT molecular complexity index is 1670. The predicted octanol–water partition coefficient (Wildman–Crippen LogP) is 4.36. The van der Waals surface area contributed by atoms with Gasteiger partial charge in [-0.25, -0.2) is 14.6 Å². The highest BCUT2D eigenvalue weighted by molar-refractivity contribution is 5.50. The van der Waals surface area contributed by atoms with Gasteiger partial charge in [-0.2, -0.15) is 36.5 Å². The molecule has 0 fully saturated rings. The highest BCUT2D eigenvalue weighted by atomic mass is 19.4. The van der Waals surface area contributed by atoms with Crippen LogP contribution in [0.15, 0.2) is 53.7 Å². The van der Waals surface area contributed by atoms with Crippen LogP contribution in [0.5, 0.6) is 5.75 Å². The standard InChI is InChI=1S/C28H28F6N8O3/c1-17(38-23-12-37-42(25(43)24(23)28(32,33)34)13-18-3-5-22(44-2)6-4-18)15-45-16-20-9-21-14-40(7-8-41(21)39-20)26-35-10-19(11-36-26)27(29,30)31/h3-6,9-12,17,38H,7-8,13-16H2,1-2H3/t17-/m0/s1. The monoisotopic (exact) mass is 638 g/mol. The molecule has 0 saturated carbocycles. The lowest BCUT2D eigenvalue weighted by Crippen LogP contribution is -2.35. The van der Waals surface area contributed by atoms with Crippen LogP contribution >= 0.6 is 0 Å². The molecule has 1 N–H and O–H groups in total. The maximum absolute atomic E-state index is 14.0. The van der Waals surface area contributed by atoms with Crippen LogP contribution in [0.2, 0.25) is 0 Å². The number of nitrogens with one attached hydrogen (secondary N) is 1. The van der Waals surface area contributed by atoms with Gasteiger partial charge in [-0.1, -0.05) is 12.1 Å². The topological polar surface area (TPSA) is 112 Å². The summed E-state index contributed by atoms with van der Waals surface area (Å²) in [6.07, 6.45) is -7.01. The number of anilines is 2. The highest BCUT2D eigenvalue weighted by Crippen LogP contribution is 2.32. The number of nitrogens with zero attached hydrogens (tertiary/aromatic N) is 7. The summed E-state index contributed by atoms with van der Waals surface area (Å²) in [7, 11) is 1.49. The SMILES string of the molecule is COc1ccc(Cn2ncc(N[C@@H](C)COCc3cc4n(n3)CCN(c3ncc(C(F)(F)F)cn3)C4)c(C(F)(F)F)c2=O)cc1. The van der Waals surface area contributed by atoms with Crippen molar-refractivity contribution in [3.63, 3.8) is 0 Å². The maximum Gasteiger partial charge on any atom is 0.423 e. The number of alkyl halides is 6. The second kappa shape index (κ2) is 12.7. The van der Waals surface area contributed by atoms with Gasteiger partial charge in [0.1, 0.15) is 11.3 Å². The number of fused-ring (bicyclic) bond motifs is 1. The largest absolute Gasteiger partial charge is 0.497 e. The number of rotatable bonds is 10. The summed E-state index contributed by atoms with van der Waals surface area (Å²) in [6, 6.07) is 7.66. The van der Waals surface area contributed by atoms with Gasteiger partial charge in [0.25, 0.3) is 5.56 Å². The van der Waals surface area contributed by atoms with E-state index in [1.54, 1.807) is 46.8 Å². The summed E-state index contributed by atoms with van der Waals surface area (Å²) in [4.78, 5) is 22.2. The molecule has 1 aliphatic rings. The van der Waals surface area contributed by atoms with Crippen LogP contribution in [0.1, 0.15) is 35.0 Å². The van der Waals surface area contributed by atoms with Gasteiger partial charge in [-0.15, -0.1) is 0 Å². The second-order valence-electron chi connectivity index (χ2n) is 10.3. The third kappa shape index (κ3) is 7.53. The van der Waals surface area contributed by atoms with Crippen molar-refractivity contribution < 1.29 is 35.8 Å². The Morgan fingerprint density at radius 2 is 1.71 bits per heavy atom. The lowest BCUT2D eigenvalue weighted by atomic mass is 10.2. The number of halogens is 6. The number of hydrogen-bond donors (Lipinski definition) is 1. The minimum atomic E-state index is -4.93. The first-order valence-electron chi connectivity index (χ1n) is 13.7. The first-order chi connectivity index (χ1) is 21.3. The maximum atomic E-state index is 14.0. The Morgan fingerprint density at radius 3 is 2.36 bits per heavy atom. The summed E-state index contributed by atoms with van der Waals surface area (Å²) in [5.41, 5.74) is -2.13. The lowest BCUT2D eigenvalue weighted by molar-refractivity contribution is -0.139. The van der Waals surface area contributed by atoms with Crippen molar-refractivity contribution >= 4 is 11.6 Å². The molecule has 5 rings (SSSR count). The van der Waals surface area contributed by atoms with Crippen molar-refractivity contribution in [3.05, 3.63) is 87.4 Å². The first kappa shape index (κ1) is 31.7. The summed E-state index contributed by atoms with van der Waals surface area (Å²) < 4.78 is 93.6. The quantitative estimate of drug-likeness (QED) is 0.253. The van der Waals surface area contributed by atoms with E-state index in [2.05, 4.69) is 25.5 Å². The predicted molar refractivity (Wildman–Crippen MR) is 149 cm³/mol. The fraction of sp³-hybridized carbons (Fsp3) is 0.393. The summed E-state index contributed by atoms with van der Waals surface area (Å²) in [6.45, 7) is 2.66. The van der Waals surface area contributed by atoms with Crippen LogP contribution in [0.4, 0.5) is 38.0 Å². The van der Waals surface area contributed by atoms with Crippen molar-refractivity contribution in [1.82, 2.24) is 29.5 Å². The van der Waals surface area contributed by atoms with E-state index < -0.39 is 40.8 Å². The Hall–Kier alpha value is -4.67. The highest BCUT2D eigenvalue weighted by Gasteiger charge is 2.38. The Labute approximate surface area is 252 Å². The van der Waals surface area contributed by atoms with Crippen LogP contribution in [0.25, 0.3) is 0 Å². The molecular weight excluding hydrogens is 610 g/mol. The van der Waals surface area contributed by atoms with Gasteiger partial charge in [0, 0.05) is 25.0 Å². The molecule has 0 spiro atoms. The van der Waals surface area contributed by atoms with Crippen molar-refractivity contribution in [2.24, 2.45) is 0 Å². The van der Waals surface area contributed by atoms with Gasteiger partial charge >= 0.3 is 12.4 Å². The second-order valence-corrected chi connectivity index (χ2v) is 10.3. The molecule has 240 valence electrons. The number of aromatic nitrogens is 6. The lowest BCUT2D eigenvalue weighted by Gasteiger charge is -2.27. The molecule has 4 aromatic rings. The number of hydrogen-bond acceptors (Lipinski definition) is 9. The van der Waals surface area contributed by atoms with Crippen LogP contribution in [-0.2, 0) is 43.3 Å². The van der Waals surface area contributed by atoms with Crippen LogP contribution in [0, 0.1) is 0 Å². The van der Waals surface area contributed by atoms with E-state index in [1.165, 1.54) is 7.11 Å². The third-order valence-corrected chi connectivity index (χ3v) is 6.94. The normalized spacial score (nSPS) is 14.3. The third-order valence-electron chi connectivity index (χ3n) is 6.94. The summed E-state index contributed by atoms with van der Waals surface area (Å²) in [5.74, 6) is 0.728. The van der Waals surface area contributed by atoms with E-state index in [0.717, 1.165) is 29.0 Å². The minimum Gasteiger partial charge on any atom is -0.497 e. The zero-order valence-corrected chi connectivity index (χ0v) is 24.1. The van der Waals surface area contributed by atoms with E-state index >= 15 is 0 Å². The summed E-state index contributed by atoms with van der Waals surface area (Å²) >= 11 is 0. The van der Waals surface area contributed by atoms with Crippen molar-refractivity contribution in [2.45, 2.75) is 51.6 Å². The zero-order chi connectivity index (χ0) is 32.4. The molecule has 0 bridgehead atoms. The first-order valence-corrected chi connectivity index (χ1v) is 13.7. The van der Waals surface area contributed by atoms with E-state index in [0.29, 0.717) is 36.6 Å². The fourth-order valence-electron chi connectivity index (χ4n) is 4.73. The zero-order valence-electron chi connectivity index (χ0n) is 24.1. The average molecular weight is 639 g/mol. The molecule has 0 unspecified atom stereocenters. The molecule has 45 heavy (non-hydrogen) atoms. The Balaban J connectivity index is 1.18. The van der Waals surface area contributed by atoms with E-state index in [1.807, 2.05) is 0 Å². The van der Waals surface area contributed by atoms with Crippen LogP contribution in [0.3, 0.4) is 0 Å². The number of benzene rings is 1. The minimum absolute atomic E-state index is 0.0139. The Morgan fingerprint density at radius 1 is 1.00 bits per heavy atom. The van der Waals surface area contributed by atoms with Gasteiger partial charge < -0.3 is 19.7 Å². The molecule has 0 amide bonds. The molecule has 3 aromatic heterocycles. The van der Waals surface area contributed by atoms with Gasteiger partial charge in [0.2, 0.25) is 5.95 Å². The molecule has 1 atom stereocenters. The van der Waals surface area contributed by atoms with Crippen molar-refractivity contribution in [2.75, 3.05) is 30.5 Å². The van der Waals surface area contributed by atoms with Gasteiger partial charge in [0.15, 0.2) is 0 Å². The molecule has 0 radical (unpaired) electrons.